The number of aldehydes is 1. The molecule has 4 aliphatic carbocycles. The lowest BCUT2D eigenvalue weighted by molar-refractivity contribution is -0.111. The van der Waals surface area contributed by atoms with Crippen molar-refractivity contribution in [2.75, 3.05) is 0 Å². The predicted octanol–water partition coefficient (Wildman–Crippen LogP) is 7.02. The van der Waals surface area contributed by atoms with Gasteiger partial charge >= 0.3 is 0 Å². The zero-order chi connectivity index (χ0) is 20.0. The number of carbonyl (C=O) groups is 1. The van der Waals surface area contributed by atoms with E-state index in [9.17, 15) is 4.79 Å². The van der Waals surface area contributed by atoms with E-state index in [4.69, 9.17) is 0 Å². The van der Waals surface area contributed by atoms with Crippen LogP contribution in [0.5, 0.6) is 0 Å². The molecule has 0 fully saturated rings. The quantitative estimate of drug-likeness (QED) is 0.432. The lowest BCUT2D eigenvalue weighted by Crippen LogP contribution is -2.31. The Bertz CT molecular complexity index is 1000. The lowest BCUT2D eigenvalue weighted by Gasteiger charge is -2.40. The van der Waals surface area contributed by atoms with Crippen molar-refractivity contribution in [3.63, 3.8) is 0 Å². The summed E-state index contributed by atoms with van der Waals surface area (Å²) >= 11 is 3.69. The maximum atomic E-state index is 11.5. The smallest absolute Gasteiger partial charge is 0.123 e. The van der Waals surface area contributed by atoms with E-state index in [1.807, 2.05) is 0 Å². The van der Waals surface area contributed by atoms with E-state index in [1.54, 1.807) is 22.3 Å². The summed E-state index contributed by atoms with van der Waals surface area (Å²) < 4.78 is 1.16. The van der Waals surface area contributed by atoms with E-state index < -0.39 is 0 Å². The number of fused-ring (bicyclic) bond motifs is 4. The number of halogens is 1. The van der Waals surface area contributed by atoms with E-state index in [1.165, 1.54) is 23.0 Å². The first-order chi connectivity index (χ1) is 13.2. The largest absolute Gasteiger partial charge is 0.303 e. The van der Waals surface area contributed by atoms with Crippen LogP contribution in [0.2, 0.25) is 0 Å². The van der Waals surface area contributed by atoms with Crippen LogP contribution in [0.1, 0.15) is 65.0 Å². The van der Waals surface area contributed by atoms with Gasteiger partial charge in [0.15, 0.2) is 0 Å². The molecule has 5 rings (SSSR count). The highest BCUT2D eigenvalue weighted by molar-refractivity contribution is 9.10. The van der Waals surface area contributed by atoms with Gasteiger partial charge in [-0.05, 0) is 82.1 Å². The van der Waals surface area contributed by atoms with Gasteiger partial charge in [-0.2, -0.15) is 0 Å². The van der Waals surface area contributed by atoms with E-state index in [0.717, 1.165) is 23.7 Å². The molecule has 1 aromatic carbocycles. The maximum Gasteiger partial charge on any atom is 0.123 e. The SMILES string of the molecule is CC1C2=C(C=C3C4=C(C[C@H](C=O)CC4)C(C)(C)C31)C(C)(C)c1cc(Br)ccc12. The van der Waals surface area contributed by atoms with Gasteiger partial charge in [0.05, 0.1) is 0 Å². The normalized spacial score (nSPS) is 31.8. The Morgan fingerprint density at radius 1 is 1.18 bits per heavy atom. The van der Waals surface area contributed by atoms with Gasteiger partial charge in [0, 0.05) is 15.8 Å². The number of hydrogen-bond donors (Lipinski definition) is 0. The monoisotopic (exact) mass is 436 g/mol. The second-order valence-corrected chi connectivity index (χ2v) is 11.2. The van der Waals surface area contributed by atoms with E-state index in [-0.39, 0.29) is 16.7 Å². The number of rotatable bonds is 1. The van der Waals surface area contributed by atoms with Gasteiger partial charge in [0.25, 0.3) is 0 Å². The Hall–Kier alpha value is -1.41. The van der Waals surface area contributed by atoms with E-state index in [2.05, 4.69) is 74.8 Å². The topological polar surface area (TPSA) is 17.1 Å². The number of hydrogen-bond acceptors (Lipinski definition) is 1. The minimum absolute atomic E-state index is 0.0358. The summed E-state index contributed by atoms with van der Waals surface area (Å²) in [6.45, 7) is 12.0. The summed E-state index contributed by atoms with van der Waals surface area (Å²) in [5, 5.41) is 0. The molecule has 2 heteroatoms. The number of allylic oxidation sites excluding steroid dienone is 6. The van der Waals surface area contributed by atoms with E-state index in [0.29, 0.717) is 11.8 Å². The fraction of sp³-hybridized carbons (Fsp3) is 0.500. The predicted molar refractivity (Wildman–Crippen MR) is 119 cm³/mol. The zero-order valence-corrected chi connectivity index (χ0v) is 19.1. The molecule has 0 heterocycles. The summed E-state index contributed by atoms with van der Waals surface area (Å²) in [5.74, 6) is 1.22. The van der Waals surface area contributed by atoms with Crippen molar-refractivity contribution in [3.8, 4) is 0 Å². The van der Waals surface area contributed by atoms with Gasteiger partial charge in [-0.3, -0.25) is 0 Å². The second-order valence-electron chi connectivity index (χ2n) is 10.3. The number of benzene rings is 1. The van der Waals surface area contributed by atoms with Gasteiger partial charge in [-0.15, -0.1) is 0 Å². The van der Waals surface area contributed by atoms with Crippen molar-refractivity contribution in [1.29, 1.82) is 0 Å². The van der Waals surface area contributed by atoms with Crippen LogP contribution in [0, 0.1) is 23.2 Å². The molecule has 146 valence electrons. The first-order valence-electron chi connectivity index (χ1n) is 10.6. The molecule has 28 heavy (non-hydrogen) atoms. The third kappa shape index (κ3) is 2.22. The molecule has 0 aromatic heterocycles. The maximum absolute atomic E-state index is 11.5. The first-order valence-corrected chi connectivity index (χ1v) is 11.4. The van der Waals surface area contributed by atoms with Crippen LogP contribution in [0.25, 0.3) is 5.57 Å². The minimum atomic E-state index is 0.0358. The first kappa shape index (κ1) is 18.6. The van der Waals surface area contributed by atoms with Gasteiger partial charge < -0.3 is 4.79 Å². The molecule has 0 amide bonds. The molecule has 0 radical (unpaired) electrons. The van der Waals surface area contributed by atoms with Crippen molar-refractivity contribution >= 4 is 27.8 Å². The van der Waals surface area contributed by atoms with E-state index >= 15 is 0 Å². The average Bonchev–Trinajstić information content (AvgIpc) is 3.02. The molecule has 1 aromatic rings. The summed E-state index contributed by atoms with van der Waals surface area (Å²) in [5.41, 5.74) is 10.9. The molecule has 1 nitrogen and oxygen atoms in total. The molecule has 2 unspecified atom stereocenters. The van der Waals surface area contributed by atoms with Crippen molar-refractivity contribution in [2.45, 2.75) is 59.3 Å². The van der Waals surface area contributed by atoms with Crippen LogP contribution < -0.4 is 0 Å². The molecule has 0 bridgehead atoms. The summed E-state index contributed by atoms with van der Waals surface area (Å²) in [7, 11) is 0. The number of carbonyl (C=O) groups excluding carboxylic acids is 1. The zero-order valence-electron chi connectivity index (χ0n) is 17.5. The van der Waals surface area contributed by atoms with Crippen LogP contribution in [0.4, 0.5) is 0 Å². The van der Waals surface area contributed by atoms with Crippen LogP contribution >= 0.6 is 15.9 Å². The molecule has 4 aliphatic rings. The van der Waals surface area contributed by atoms with Crippen LogP contribution in [-0.2, 0) is 10.2 Å². The van der Waals surface area contributed by atoms with Crippen molar-refractivity contribution in [1.82, 2.24) is 0 Å². The molecule has 0 aliphatic heterocycles. The fourth-order valence-electron chi connectivity index (χ4n) is 6.86. The highest BCUT2D eigenvalue weighted by Crippen LogP contribution is 2.64. The Morgan fingerprint density at radius 2 is 1.93 bits per heavy atom. The van der Waals surface area contributed by atoms with Crippen LogP contribution in [0.3, 0.4) is 0 Å². The van der Waals surface area contributed by atoms with Crippen LogP contribution in [-0.4, -0.2) is 6.29 Å². The molecule has 0 N–H and O–H groups in total. The summed E-state index contributed by atoms with van der Waals surface area (Å²) in [6.07, 6.45) is 6.79. The van der Waals surface area contributed by atoms with Crippen molar-refractivity contribution in [3.05, 3.63) is 62.2 Å². The van der Waals surface area contributed by atoms with Gasteiger partial charge in [-0.1, -0.05) is 68.3 Å². The highest BCUT2D eigenvalue weighted by Gasteiger charge is 2.53. The van der Waals surface area contributed by atoms with Crippen LogP contribution in [0.15, 0.2) is 51.0 Å². The third-order valence-electron chi connectivity index (χ3n) is 8.19. The Kier molecular flexibility index (Phi) is 3.86. The molecular weight excluding hydrogens is 408 g/mol. The summed E-state index contributed by atoms with van der Waals surface area (Å²) in [6, 6.07) is 6.82. The van der Waals surface area contributed by atoms with Gasteiger partial charge in [-0.25, -0.2) is 0 Å². The molecule has 0 saturated carbocycles. The second kappa shape index (κ2) is 5.81. The van der Waals surface area contributed by atoms with Gasteiger partial charge in [0.2, 0.25) is 0 Å². The Morgan fingerprint density at radius 3 is 2.64 bits per heavy atom. The van der Waals surface area contributed by atoms with Crippen molar-refractivity contribution in [2.24, 2.45) is 23.2 Å². The molecule has 0 saturated heterocycles. The Balaban J connectivity index is 1.71. The molecule has 0 spiro atoms. The standard InChI is InChI=1S/C26H29BrO/c1-14-23-18-9-7-16(27)11-21(18)25(2,3)22(23)12-19-17-8-6-15(13-28)10-20(17)26(4,5)24(14)19/h7,9,11-15,24H,6,8,10H2,1-5H3/t14?,15-,24?/m1/s1. The fourth-order valence-corrected chi connectivity index (χ4v) is 7.22. The third-order valence-corrected chi connectivity index (χ3v) is 8.68. The highest BCUT2D eigenvalue weighted by atomic mass is 79.9. The molecular formula is C26H29BrO. The van der Waals surface area contributed by atoms with Crippen molar-refractivity contribution < 1.29 is 4.79 Å². The van der Waals surface area contributed by atoms with Gasteiger partial charge in [0.1, 0.15) is 6.29 Å². The Labute approximate surface area is 177 Å². The minimum Gasteiger partial charge on any atom is -0.303 e. The molecule has 3 atom stereocenters. The average molecular weight is 437 g/mol. The lowest BCUT2D eigenvalue weighted by atomic mass is 9.64. The summed E-state index contributed by atoms with van der Waals surface area (Å²) in [4.78, 5) is 11.5.